The Morgan fingerprint density at radius 2 is 1.69 bits per heavy atom. The Morgan fingerprint density at radius 1 is 1.00 bits per heavy atom. The van der Waals surface area contributed by atoms with Gasteiger partial charge in [0.1, 0.15) is 0 Å². The van der Waals surface area contributed by atoms with Crippen LogP contribution in [-0.2, 0) is 23.1 Å². The molecule has 1 aromatic carbocycles. The minimum atomic E-state index is -3.67. The van der Waals surface area contributed by atoms with E-state index in [2.05, 4.69) is 4.57 Å². The summed E-state index contributed by atoms with van der Waals surface area (Å²) in [6, 6.07) is 14.4. The average molecular weight is 454 g/mol. The summed E-state index contributed by atoms with van der Waals surface area (Å²) in [5.74, 6) is -0.227. The third-order valence-electron chi connectivity index (χ3n) is 6.03. The Balaban J connectivity index is 1.59. The summed E-state index contributed by atoms with van der Waals surface area (Å²) in [6.07, 6.45) is 2.95. The first-order valence-electron chi connectivity index (χ1n) is 10.7. The minimum absolute atomic E-state index is 0.0429. The molecule has 7 nitrogen and oxygen atoms in total. The van der Waals surface area contributed by atoms with Crippen LogP contribution in [0.15, 0.2) is 64.4 Å². The summed E-state index contributed by atoms with van der Waals surface area (Å²) in [5, 5.41) is 0. The highest BCUT2D eigenvalue weighted by atomic mass is 32.2. The molecule has 0 spiro atoms. The van der Waals surface area contributed by atoms with Crippen molar-refractivity contribution in [2.45, 2.75) is 44.7 Å². The lowest BCUT2D eigenvalue weighted by atomic mass is 10.1. The van der Waals surface area contributed by atoms with Gasteiger partial charge in [0.25, 0.3) is 5.56 Å². The van der Waals surface area contributed by atoms with Crippen LogP contribution in [0.3, 0.4) is 0 Å². The van der Waals surface area contributed by atoms with E-state index in [1.54, 1.807) is 0 Å². The highest BCUT2D eigenvalue weighted by Crippen LogP contribution is 2.21. The second kappa shape index (κ2) is 8.88. The molecular formula is C24H27N3O4S. The van der Waals surface area contributed by atoms with E-state index in [9.17, 15) is 18.0 Å². The molecule has 0 radical (unpaired) electrons. The molecule has 3 aromatic rings. The van der Waals surface area contributed by atoms with Crippen LogP contribution in [0.1, 0.15) is 40.2 Å². The van der Waals surface area contributed by atoms with Gasteiger partial charge in [0.05, 0.1) is 11.4 Å². The fourth-order valence-electron chi connectivity index (χ4n) is 4.20. The number of aromatic nitrogens is 2. The van der Waals surface area contributed by atoms with Crippen LogP contribution in [0.4, 0.5) is 0 Å². The normalized spacial score (nSPS) is 14.7. The number of sulfonamides is 1. The summed E-state index contributed by atoms with van der Waals surface area (Å²) in [7, 11) is -3.67. The van der Waals surface area contributed by atoms with Crippen molar-refractivity contribution in [3.05, 3.63) is 87.6 Å². The number of carbonyl (C=O) groups is 1. The molecule has 0 unspecified atom stereocenters. The molecule has 0 saturated carbocycles. The molecule has 0 aliphatic carbocycles. The van der Waals surface area contributed by atoms with Crippen molar-refractivity contribution in [3.63, 3.8) is 0 Å². The van der Waals surface area contributed by atoms with Gasteiger partial charge < -0.3 is 9.13 Å². The van der Waals surface area contributed by atoms with Gasteiger partial charge in [-0.3, -0.25) is 9.59 Å². The smallest absolute Gasteiger partial charge is 0.251 e. The Kier molecular flexibility index (Phi) is 6.17. The maximum atomic E-state index is 13.1. The summed E-state index contributed by atoms with van der Waals surface area (Å²) < 4.78 is 30.4. The quantitative estimate of drug-likeness (QED) is 0.515. The molecule has 1 saturated heterocycles. The molecule has 0 bridgehead atoms. The molecule has 8 heteroatoms. The summed E-state index contributed by atoms with van der Waals surface area (Å²) >= 11 is 0. The first kappa shape index (κ1) is 22.2. The maximum Gasteiger partial charge on any atom is 0.251 e. The lowest BCUT2D eigenvalue weighted by Crippen LogP contribution is -2.30. The molecule has 0 N–H and O–H groups in total. The number of nitrogens with zero attached hydrogens (tertiary/aromatic N) is 3. The summed E-state index contributed by atoms with van der Waals surface area (Å²) in [6.45, 7) is 5.23. The second-order valence-electron chi connectivity index (χ2n) is 8.22. The number of rotatable bonds is 7. The van der Waals surface area contributed by atoms with Gasteiger partial charge in [0.15, 0.2) is 5.78 Å². The number of hydrogen-bond acceptors (Lipinski definition) is 4. The van der Waals surface area contributed by atoms with E-state index in [-0.39, 0.29) is 17.2 Å². The zero-order valence-electron chi connectivity index (χ0n) is 18.3. The Morgan fingerprint density at radius 3 is 2.38 bits per heavy atom. The van der Waals surface area contributed by atoms with Crippen LogP contribution in [0, 0.1) is 13.8 Å². The van der Waals surface area contributed by atoms with Crippen LogP contribution in [0.25, 0.3) is 0 Å². The molecule has 4 rings (SSSR count). The largest absolute Gasteiger partial charge is 0.344 e. The topological polar surface area (TPSA) is 81.4 Å². The number of benzene rings is 1. The number of Topliss-reactive ketones (excluding diaryl/α,β-unsaturated/α-hetero) is 1. The number of aryl methyl sites for hydroxylation is 1. The molecule has 1 fully saturated rings. The number of carbonyl (C=O) groups excluding carboxylic acids is 1. The summed E-state index contributed by atoms with van der Waals surface area (Å²) in [4.78, 5) is 25.5. The lowest BCUT2D eigenvalue weighted by molar-refractivity contribution is 0.0969. The number of hydrogen-bond donors (Lipinski definition) is 0. The van der Waals surface area contributed by atoms with E-state index in [4.69, 9.17) is 0 Å². The molecule has 32 heavy (non-hydrogen) atoms. The first-order valence-corrected chi connectivity index (χ1v) is 12.2. The van der Waals surface area contributed by atoms with Gasteiger partial charge >= 0.3 is 0 Å². The SMILES string of the molecule is Cc1cc(C(=O)Cn2cc(S(=O)(=O)N3CCCC3)ccc2=O)c(C)n1Cc1ccccc1. The van der Waals surface area contributed by atoms with Crippen molar-refractivity contribution in [1.29, 1.82) is 0 Å². The predicted molar refractivity (Wildman–Crippen MR) is 122 cm³/mol. The standard InChI is InChI=1S/C24H27N3O4S/c1-18-14-22(19(2)27(18)15-20-8-4-3-5-9-20)23(28)17-25-16-21(10-11-24(25)29)32(30,31)26-12-6-7-13-26/h3-5,8-11,14,16H,6-7,12-13,15,17H2,1-2H3. The fraction of sp³-hybridized carbons (Fsp3) is 0.333. The lowest BCUT2D eigenvalue weighted by Gasteiger charge is -2.16. The zero-order valence-corrected chi connectivity index (χ0v) is 19.1. The van der Waals surface area contributed by atoms with Gasteiger partial charge in [-0.05, 0) is 44.4 Å². The fourth-order valence-corrected chi connectivity index (χ4v) is 5.73. The molecule has 0 atom stereocenters. The molecule has 0 amide bonds. The first-order chi connectivity index (χ1) is 15.3. The molecule has 2 aromatic heterocycles. The molecular weight excluding hydrogens is 426 g/mol. The van der Waals surface area contributed by atoms with Crippen molar-refractivity contribution in [1.82, 2.24) is 13.4 Å². The Labute approximate surface area is 188 Å². The van der Waals surface area contributed by atoms with E-state index in [1.807, 2.05) is 50.2 Å². The average Bonchev–Trinajstić information content (AvgIpc) is 3.41. The van der Waals surface area contributed by atoms with Gasteiger partial charge in [-0.2, -0.15) is 4.31 Å². The van der Waals surface area contributed by atoms with Gasteiger partial charge in [0.2, 0.25) is 10.0 Å². The molecule has 1 aliphatic heterocycles. The highest BCUT2D eigenvalue weighted by Gasteiger charge is 2.28. The molecule has 168 valence electrons. The molecule has 1 aliphatic rings. The van der Waals surface area contributed by atoms with E-state index in [0.29, 0.717) is 25.2 Å². The third-order valence-corrected chi connectivity index (χ3v) is 7.91. The number of ketones is 1. The third kappa shape index (κ3) is 4.33. The van der Waals surface area contributed by atoms with Crippen LogP contribution < -0.4 is 5.56 Å². The van der Waals surface area contributed by atoms with Gasteiger partial charge in [-0.15, -0.1) is 0 Å². The van der Waals surface area contributed by atoms with Crippen molar-refractivity contribution in [3.8, 4) is 0 Å². The zero-order chi connectivity index (χ0) is 22.9. The Bertz CT molecular complexity index is 1300. The van der Waals surface area contributed by atoms with E-state index < -0.39 is 15.6 Å². The highest BCUT2D eigenvalue weighted by molar-refractivity contribution is 7.89. The molecule has 3 heterocycles. The van der Waals surface area contributed by atoms with Gasteiger partial charge in [0, 0.05) is 48.8 Å². The van der Waals surface area contributed by atoms with Crippen LogP contribution in [0.2, 0.25) is 0 Å². The van der Waals surface area contributed by atoms with Crippen molar-refractivity contribution in [2.24, 2.45) is 0 Å². The van der Waals surface area contributed by atoms with Gasteiger partial charge in [-0.25, -0.2) is 8.42 Å². The van der Waals surface area contributed by atoms with E-state index >= 15 is 0 Å². The van der Waals surface area contributed by atoms with Crippen molar-refractivity contribution >= 4 is 15.8 Å². The van der Waals surface area contributed by atoms with E-state index in [0.717, 1.165) is 29.8 Å². The van der Waals surface area contributed by atoms with Crippen molar-refractivity contribution in [2.75, 3.05) is 13.1 Å². The van der Waals surface area contributed by atoms with Crippen molar-refractivity contribution < 1.29 is 13.2 Å². The van der Waals surface area contributed by atoms with Gasteiger partial charge in [-0.1, -0.05) is 30.3 Å². The van der Waals surface area contributed by atoms with Crippen LogP contribution in [0.5, 0.6) is 0 Å². The minimum Gasteiger partial charge on any atom is -0.344 e. The predicted octanol–water partition coefficient (Wildman–Crippen LogP) is 2.98. The van der Waals surface area contributed by atoms with Crippen LogP contribution >= 0.6 is 0 Å². The van der Waals surface area contributed by atoms with E-state index in [1.165, 1.54) is 27.2 Å². The van der Waals surface area contributed by atoms with Crippen LogP contribution in [-0.4, -0.2) is 40.7 Å². The second-order valence-corrected chi connectivity index (χ2v) is 10.2. The number of pyridine rings is 1. The summed E-state index contributed by atoms with van der Waals surface area (Å²) in [5.41, 5.74) is 3.04. The Hall–Kier alpha value is -2.97. The monoisotopic (exact) mass is 453 g/mol. The maximum absolute atomic E-state index is 13.1.